The van der Waals surface area contributed by atoms with E-state index in [2.05, 4.69) is 21.2 Å². The van der Waals surface area contributed by atoms with Crippen LogP contribution in [0.3, 0.4) is 0 Å². The second kappa shape index (κ2) is 9.62. The Balaban J connectivity index is 1.54. The Morgan fingerprint density at radius 2 is 1.81 bits per heavy atom. The maximum Gasteiger partial charge on any atom is 0.203 e. The molecule has 164 valence electrons. The maximum absolute atomic E-state index is 6.07. The standard InChI is InChI=1S/C24H28ClN3O3/c1-29-21-11-8-18(23(30-2)24(21)31-3)15-28-12-4-5-17(14-28)22-20(13-26-27-22)16-6-9-19(25)10-7-16/h6-11,13,17H,4-5,12,14-15H2,1-3H3,(H,26,27). The number of benzene rings is 2. The molecule has 0 spiro atoms. The predicted molar refractivity (Wildman–Crippen MR) is 122 cm³/mol. The molecule has 1 aromatic heterocycles. The minimum Gasteiger partial charge on any atom is -0.493 e. The van der Waals surface area contributed by atoms with Crippen LogP contribution in [0.15, 0.2) is 42.6 Å². The number of H-pyrrole nitrogens is 1. The molecule has 1 saturated heterocycles. The summed E-state index contributed by atoms with van der Waals surface area (Å²) in [6.45, 7) is 2.77. The molecule has 0 aliphatic carbocycles. The number of hydrogen-bond donors (Lipinski definition) is 1. The SMILES string of the molecule is COc1ccc(CN2CCCC(c3[nH]ncc3-c3ccc(Cl)cc3)C2)c(OC)c1OC. The summed E-state index contributed by atoms with van der Waals surface area (Å²) in [6.07, 6.45) is 4.16. The molecule has 0 radical (unpaired) electrons. The summed E-state index contributed by atoms with van der Waals surface area (Å²) >= 11 is 6.07. The van der Waals surface area contributed by atoms with E-state index in [-0.39, 0.29) is 0 Å². The van der Waals surface area contributed by atoms with Crippen LogP contribution < -0.4 is 14.2 Å². The molecule has 3 aromatic rings. The van der Waals surface area contributed by atoms with E-state index in [4.69, 9.17) is 25.8 Å². The molecule has 2 aromatic carbocycles. The first-order chi connectivity index (χ1) is 15.1. The van der Waals surface area contributed by atoms with E-state index >= 15 is 0 Å². The average Bonchev–Trinajstić information content (AvgIpc) is 3.29. The van der Waals surface area contributed by atoms with E-state index in [0.29, 0.717) is 17.4 Å². The highest BCUT2D eigenvalue weighted by molar-refractivity contribution is 6.30. The lowest BCUT2D eigenvalue weighted by molar-refractivity contribution is 0.195. The molecular formula is C24H28ClN3O3. The smallest absolute Gasteiger partial charge is 0.203 e. The molecule has 31 heavy (non-hydrogen) atoms. The fourth-order valence-electron chi connectivity index (χ4n) is 4.43. The van der Waals surface area contributed by atoms with Gasteiger partial charge in [0.1, 0.15) is 0 Å². The van der Waals surface area contributed by atoms with Gasteiger partial charge in [-0.3, -0.25) is 10.00 Å². The molecule has 1 N–H and O–H groups in total. The van der Waals surface area contributed by atoms with Crippen molar-refractivity contribution in [2.45, 2.75) is 25.3 Å². The van der Waals surface area contributed by atoms with Gasteiger partial charge in [-0.05, 0) is 43.1 Å². The Kier molecular flexibility index (Phi) is 6.68. The van der Waals surface area contributed by atoms with E-state index in [1.807, 2.05) is 36.5 Å². The van der Waals surface area contributed by atoms with Crippen molar-refractivity contribution in [3.05, 3.63) is 58.9 Å². The summed E-state index contributed by atoms with van der Waals surface area (Å²) in [4.78, 5) is 2.46. The highest BCUT2D eigenvalue weighted by Crippen LogP contribution is 2.41. The number of nitrogens with one attached hydrogen (secondary N) is 1. The van der Waals surface area contributed by atoms with Crippen molar-refractivity contribution in [2.24, 2.45) is 0 Å². The molecule has 2 heterocycles. The predicted octanol–water partition coefficient (Wildman–Crippen LogP) is 5.14. The second-order valence-corrected chi connectivity index (χ2v) is 8.21. The van der Waals surface area contributed by atoms with E-state index in [0.717, 1.165) is 59.9 Å². The van der Waals surface area contributed by atoms with Gasteiger partial charge in [0, 0.05) is 40.9 Å². The molecular weight excluding hydrogens is 414 g/mol. The molecule has 1 aliphatic heterocycles. The molecule has 7 heteroatoms. The third-order valence-electron chi connectivity index (χ3n) is 5.92. The van der Waals surface area contributed by atoms with Crippen LogP contribution in [-0.2, 0) is 6.54 Å². The van der Waals surface area contributed by atoms with Crippen LogP contribution in [0.1, 0.15) is 30.0 Å². The summed E-state index contributed by atoms with van der Waals surface area (Å²) in [5.74, 6) is 2.42. The summed E-state index contributed by atoms with van der Waals surface area (Å²) in [5, 5.41) is 8.34. The van der Waals surface area contributed by atoms with Gasteiger partial charge in [0.05, 0.1) is 27.5 Å². The highest BCUT2D eigenvalue weighted by Gasteiger charge is 2.26. The number of hydrogen-bond acceptors (Lipinski definition) is 5. The zero-order valence-electron chi connectivity index (χ0n) is 18.2. The quantitative estimate of drug-likeness (QED) is 0.550. The van der Waals surface area contributed by atoms with Crippen LogP contribution in [0.2, 0.25) is 5.02 Å². The van der Waals surface area contributed by atoms with Crippen LogP contribution in [0.4, 0.5) is 0 Å². The van der Waals surface area contributed by atoms with Gasteiger partial charge < -0.3 is 14.2 Å². The molecule has 1 atom stereocenters. The van der Waals surface area contributed by atoms with Gasteiger partial charge in [0.25, 0.3) is 0 Å². The number of aromatic amines is 1. The summed E-state index contributed by atoms with van der Waals surface area (Å²) in [5.41, 5.74) is 4.55. The molecule has 1 fully saturated rings. The number of nitrogens with zero attached hydrogens (tertiary/aromatic N) is 2. The number of methoxy groups -OCH3 is 3. The normalized spacial score (nSPS) is 16.8. The number of likely N-dealkylation sites (tertiary alicyclic amines) is 1. The van der Waals surface area contributed by atoms with Gasteiger partial charge in [0.2, 0.25) is 5.75 Å². The number of rotatable bonds is 7. The highest BCUT2D eigenvalue weighted by atomic mass is 35.5. The fourth-order valence-corrected chi connectivity index (χ4v) is 4.56. The van der Waals surface area contributed by atoms with Gasteiger partial charge in [-0.15, -0.1) is 0 Å². The zero-order valence-corrected chi connectivity index (χ0v) is 18.9. The van der Waals surface area contributed by atoms with Crippen molar-refractivity contribution >= 4 is 11.6 Å². The van der Waals surface area contributed by atoms with Crippen molar-refractivity contribution in [1.82, 2.24) is 15.1 Å². The first-order valence-corrected chi connectivity index (χ1v) is 10.8. The summed E-state index contributed by atoms with van der Waals surface area (Å²) in [6, 6.07) is 11.9. The number of halogens is 1. The minimum atomic E-state index is 0.382. The Morgan fingerprint density at radius 1 is 1.03 bits per heavy atom. The van der Waals surface area contributed by atoms with Crippen molar-refractivity contribution in [3.63, 3.8) is 0 Å². The topological polar surface area (TPSA) is 59.6 Å². The lowest BCUT2D eigenvalue weighted by Crippen LogP contribution is -2.34. The lowest BCUT2D eigenvalue weighted by atomic mass is 9.90. The molecule has 1 aliphatic rings. The summed E-state index contributed by atoms with van der Waals surface area (Å²) < 4.78 is 16.6. The molecule has 0 saturated carbocycles. The van der Waals surface area contributed by atoms with E-state index in [1.54, 1.807) is 21.3 Å². The molecule has 4 rings (SSSR count). The van der Waals surface area contributed by atoms with Crippen LogP contribution in [0.25, 0.3) is 11.1 Å². The molecule has 0 bridgehead atoms. The van der Waals surface area contributed by atoms with Crippen LogP contribution >= 0.6 is 11.6 Å². The first-order valence-electron chi connectivity index (χ1n) is 10.4. The van der Waals surface area contributed by atoms with Crippen LogP contribution in [0, 0.1) is 0 Å². The van der Waals surface area contributed by atoms with Gasteiger partial charge in [-0.25, -0.2) is 0 Å². The number of piperidine rings is 1. The Bertz CT molecular complexity index is 1020. The second-order valence-electron chi connectivity index (χ2n) is 7.77. The summed E-state index contributed by atoms with van der Waals surface area (Å²) in [7, 11) is 4.94. The molecule has 6 nitrogen and oxygen atoms in total. The van der Waals surface area contributed by atoms with Crippen molar-refractivity contribution in [1.29, 1.82) is 0 Å². The third kappa shape index (κ3) is 4.50. The zero-order chi connectivity index (χ0) is 21.8. The van der Waals surface area contributed by atoms with Gasteiger partial charge in [-0.2, -0.15) is 5.10 Å². The largest absolute Gasteiger partial charge is 0.493 e. The third-order valence-corrected chi connectivity index (χ3v) is 6.17. The van der Waals surface area contributed by atoms with Crippen LogP contribution in [0.5, 0.6) is 17.2 Å². The Hall–Kier alpha value is -2.70. The Morgan fingerprint density at radius 3 is 2.52 bits per heavy atom. The molecule has 1 unspecified atom stereocenters. The maximum atomic E-state index is 6.07. The van der Waals surface area contributed by atoms with Gasteiger partial charge in [-0.1, -0.05) is 29.8 Å². The van der Waals surface area contributed by atoms with Crippen molar-refractivity contribution in [2.75, 3.05) is 34.4 Å². The van der Waals surface area contributed by atoms with Gasteiger partial charge in [0.15, 0.2) is 11.5 Å². The van der Waals surface area contributed by atoms with E-state index in [1.165, 1.54) is 5.69 Å². The fraction of sp³-hybridized carbons (Fsp3) is 0.375. The lowest BCUT2D eigenvalue weighted by Gasteiger charge is -2.33. The Labute approximate surface area is 188 Å². The van der Waals surface area contributed by atoms with E-state index in [9.17, 15) is 0 Å². The van der Waals surface area contributed by atoms with Crippen molar-refractivity contribution < 1.29 is 14.2 Å². The minimum absolute atomic E-state index is 0.382. The molecule has 0 amide bonds. The number of aromatic nitrogens is 2. The number of ether oxygens (including phenoxy) is 3. The van der Waals surface area contributed by atoms with Gasteiger partial charge >= 0.3 is 0 Å². The van der Waals surface area contributed by atoms with E-state index < -0.39 is 0 Å². The average molecular weight is 442 g/mol. The van der Waals surface area contributed by atoms with Crippen LogP contribution in [-0.4, -0.2) is 49.5 Å². The monoisotopic (exact) mass is 441 g/mol. The van der Waals surface area contributed by atoms with Crippen molar-refractivity contribution in [3.8, 4) is 28.4 Å². The first kappa shape index (κ1) is 21.5.